The molecular formula is C15H19N3O. The van der Waals surface area contributed by atoms with E-state index in [1.54, 1.807) is 0 Å². The topological polar surface area (TPSA) is 64.9 Å². The van der Waals surface area contributed by atoms with Gasteiger partial charge in [-0.1, -0.05) is 18.6 Å². The van der Waals surface area contributed by atoms with Gasteiger partial charge in [-0.25, -0.2) is 0 Å². The van der Waals surface area contributed by atoms with Crippen molar-refractivity contribution in [2.45, 2.75) is 38.8 Å². The summed E-state index contributed by atoms with van der Waals surface area (Å²) in [5, 5.41) is 15.2. The molecule has 0 heterocycles. The standard InChI is InChI=1S/C15H19N3O/c1-11(19)18-14-7-5-12(6-8-14)10-17-15-4-2-3-13(15)9-16/h5-8,13,15,17H,2-4,10H2,1H3,(H,18,19). The Bertz CT molecular complexity index is 475. The summed E-state index contributed by atoms with van der Waals surface area (Å²) < 4.78 is 0. The number of hydrogen-bond donors (Lipinski definition) is 2. The lowest BCUT2D eigenvalue weighted by Gasteiger charge is -2.15. The average Bonchev–Trinajstić information content (AvgIpc) is 2.84. The van der Waals surface area contributed by atoms with Gasteiger partial charge in [0, 0.05) is 25.2 Å². The lowest BCUT2D eigenvalue weighted by atomic mass is 10.1. The molecule has 2 N–H and O–H groups in total. The molecule has 2 unspecified atom stereocenters. The predicted molar refractivity (Wildman–Crippen MR) is 74.3 cm³/mol. The number of nitriles is 1. The normalized spacial score (nSPS) is 21.9. The van der Waals surface area contributed by atoms with Crippen LogP contribution in [-0.4, -0.2) is 11.9 Å². The van der Waals surface area contributed by atoms with Crippen LogP contribution in [0.3, 0.4) is 0 Å². The molecule has 0 radical (unpaired) electrons. The third-order valence-electron chi connectivity index (χ3n) is 3.52. The SMILES string of the molecule is CC(=O)Nc1ccc(CNC2CCCC2C#N)cc1. The number of rotatable bonds is 4. The van der Waals surface area contributed by atoms with Crippen LogP contribution in [0.4, 0.5) is 5.69 Å². The second-order valence-corrected chi connectivity index (χ2v) is 5.03. The molecule has 1 saturated carbocycles. The van der Waals surface area contributed by atoms with Crippen molar-refractivity contribution in [1.82, 2.24) is 5.32 Å². The van der Waals surface area contributed by atoms with Gasteiger partial charge in [0.15, 0.2) is 0 Å². The number of nitrogens with zero attached hydrogens (tertiary/aromatic N) is 1. The van der Waals surface area contributed by atoms with Crippen LogP contribution in [0.25, 0.3) is 0 Å². The van der Waals surface area contributed by atoms with Gasteiger partial charge in [-0.15, -0.1) is 0 Å². The second-order valence-electron chi connectivity index (χ2n) is 5.03. The predicted octanol–water partition coefficient (Wildman–Crippen LogP) is 2.43. The lowest BCUT2D eigenvalue weighted by Crippen LogP contribution is -2.31. The number of benzene rings is 1. The maximum atomic E-state index is 10.9. The maximum Gasteiger partial charge on any atom is 0.221 e. The molecule has 0 aromatic heterocycles. The minimum absolute atomic E-state index is 0.0614. The fraction of sp³-hybridized carbons (Fsp3) is 0.467. The fourth-order valence-electron chi connectivity index (χ4n) is 2.52. The number of amides is 1. The Balaban J connectivity index is 1.86. The highest BCUT2D eigenvalue weighted by Gasteiger charge is 2.26. The quantitative estimate of drug-likeness (QED) is 0.870. The molecule has 1 fully saturated rings. The van der Waals surface area contributed by atoms with Crippen molar-refractivity contribution in [3.63, 3.8) is 0 Å². The Hall–Kier alpha value is -1.86. The highest BCUT2D eigenvalue weighted by molar-refractivity contribution is 5.88. The molecule has 4 heteroatoms. The molecule has 1 aromatic carbocycles. The van der Waals surface area contributed by atoms with Gasteiger partial charge in [0.25, 0.3) is 0 Å². The average molecular weight is 257 g/mol. The van der Waals surface area contributed by atoms with Crippen molar-refractivity contribution in [1.29, 1.82) is 5.26 Å². The number of anilines is 1. The fourth-order valence-corrected chi connectivity index (χ4v) is 2.52. The van der Waals surface area contributed by atoms with Crippen LogP contribution < -0.4 is 10.6 Å². The van der Waals surface area contributed by atoms with Gasteiger partial charge in [0.05, 0.1) is 12.0 Å². The minimum atomic E-state index is -0.0614. The molecule has 19 heavy (non-hydrogen) atoms. The monoisotopic (exact) mass is 257 g/mol. The molecular weight excluding hydrogens is 238 g/mol. The first kappa shape index (κ1) is 13.6. The molecule has 0 aliphatic heterocycles. The molecule has 1 aliphatic rings. The highest BCUT2D eigenvalue weighted by atomic mass is 16.1. The molecule has 0 spiro atoms. The number of carbonyl (C=O) groups is 1. The number of hydrogen-bond acceptors (Lipinski definition) is 3. The summed E-state index contributed by atoms with van der Waals surface area (Å²) in [5.41, 5.74) is 1.98. The third kappa shape index (κ3) is 3.80. The van der Waals surface area contributed by atoms with Crippen molar-refractivity contribution in [2.24, 2.45) is 5.92 Å². The highest BCUT2D eigenvalue weighted by Crippen LogP contribution is 2.25. The zero-order valence-corrected chi connectivity index (χ0v) is 11.1. The van der Waals surface area contributed by atoms with E-state index in [1.165, 1.54) is 6.92 Å². The van der Waals surface area contributed by atoms with Gasteiger partial charge < -0.3 is 10.6 Å². The van der Waals surface area contributed by atoms with Crippen molar-refractivity contribution in [3.05, 3.63) is 29.8 Å². The second kappa shape index (κ2) is 6.35. The molecule has 100 valence electrons. The van der Waals surface area contributed by atoms with Gasteiger partial charge in [-0.2, -0.15) is 5.26 Å². The Morgan fingerprint density at radius 1 is 1.37 bits per heavy atom. The summed E-state index contributed by atoms with van der Waals surface area (Å²) in [6.45, 7) is 2.26. The van der Waals surface area contributed by atoms with Crippen LogP contribution in [0.1, 0.15) is 31.7 Å². The van der Waals surface area contributed by atoms with Gasteiger partial charge in [-0.3, -0.25) is 4.79 Å². The van der Waals surface area contributed by atoms with Crippen molar-refractivity contribution >= 4 is 11.6 Å². The first-order valence-electron chi connectivity index (χ1n) is 6.68. The Morgan fingerprint density at radius 3 is 2.74 bits per heavy atom. The number of carbonyl (C=O) groups excluding carboxylic acids is 1. The molecule has 1 aliphatic carbocycles. The minimum Gasteiger partial charge on any atom is -0.326 e. The smallest absolute Gasteiger partial charge is 0.221 e. The molecule has 0 saturated heterocycles. The molecule has 4 nitrogen and oxygen atoms in total. The van der Waals surface area contributed by atoms with E-state index < -0.39 is 0 Å². The zero-order valence-electron chi connectivity index (χ0n) is 11.1. The summed E-state index contributed by atoms with van der Waals surface area (Å²) >= 11 is 0. The van der Waals surface area contributed by atoms with Crippen molar-refractivity contribution in [3.8, 4) is 6.07 Å². The van der Waals surface area contributed by atoms with E-state index in [1.807, 2.05) is 24.3 Å². The molecule has 0 bridgehead atoms. The van der Waals surface area contributed by atoms with E-state index in [0.717, 1.165) is 37.1 Å². The van der Waals surface area contributed by atoms with Gasteiger partial charge in [0.2, 0.25) is 5.91 Å². The number of nitrogens with one attached hydrogen (secondary N) is 2. The van der Waals surface area contributed by atoms with Crippen molar-refractivity contribution < 1.29 is 4.79 Å². The van der Waals surface area contributed by atoms with Gasteiger partial charge in [0.1, 0.15) is 0 Å². The first-order chi connectivity index (χ1) is 9.19. The molecule has 1 aromatic rings. The van der Waals surface area contributed by atoms with Crippen LogP contribution in [0.5, 0.6) is 0 Å². The lowest BCUT2D eigenvalue weighted by molar-refractivity contribution is -0.114. The van der Waals surface area contributed by atoms with Crippen LogP contribution in [0.2, 0.25) is 0 Å². The van der Waals surface area contributed by atoms with E-state index in [0.29, 0.717) is 6.04 Å². The Labute approximate surface area is 113 Å². The first-order valence-corrected chi connectivity index (χ1v) is 6.68. The van der Waals surface area contributed by atoms with E-state index in [9.17, 15) is 4.79 Å². The van der Waals surface area contributed by atoms with Crippen LogP contribution in [0, 0.1) is 17.2 Å². The summed E-state index contributed by atoms with van der Waals surface area (Å²) in [5.74, 6) is 0.0901. The van der Waals surface area contributed by atoms with E-state index in [4.69, 9.17) is 5.26 Å². The van der Waals surface area contributed by atoms with E-state index in [-0.39, 0.29) is 11.8 Å². The molecule has 2 atom stereocenters. The van der Waals surface area contributed by atoms with Crippen LogP contribution in [0.15, 0.2) is 24.3 Å². The molecule has 1 amide bonds. The maximum absolute atomic E-state index is 10.9. The van der Waals surface area contributed by atoms with E-state index >= 15 is 0 Å². The Morgan fingerprint density at radius 2 is 2.11 bits per heavy atom. The van der Waals surface area contributed by atoms with Gasteiger partial charge >= 0.3 is 0 Å². The third-order valence-corrected chi connectivity index (χ3v) is 3.52. The van der Waals surface area contributed by atoms with Crippen molar-refractivity contribution in [2.75, 3.05) is 5.32 Å². The van der Waals surface area contributed by atoms with Gasteiger partial charge in [-0.05, 0) is 30.5 Å². The summed E-state index contributed by atoms with van der Waals surface area (Å²) in [4.78, 5) is 10.9. The van der Waals surface area contributed by atoms with Crippen LogP contribution >= 0.6 is 0 Å². The summed E-state index contributed by atoms with van der Waals surface area (Å²) in [7, 11) is 0. The summed E-state index contributed by atoms with van der Waals surface area (Å²) in [6.07, 6.45) is 3.23. The van der Waals surface area contributed by atoms with E-state index in [2.05, 4.69) is 16.7 Å². The Kier molecular flexibility index (Phi) is 4.53. The molecule has 2 rings (SSSR count). The van der Waals surface area contributed by atoms with Crippen LogP contribution in [-0.2, 0) is 11.3 Å². The summed E-state index contributed by atoms with van der Waals surface area (Å²) in [6, 6.07) is 10.5. The largest absolute Gasteiger partial charge is 0.326 e. The zero-order chi connectivity index (χ0) is 13.7.